The van der Waals surface area contributed by atoms with Crippen molar-refractivity contribution in [2.45, 2.75) is 44.9 Å². The van der Waals surface area contributed by atoms with E-state index in [1.54, 1.807) is 6.92 Å². The van der Waals surface area contributed by atoms with E-state index in [0.29, 0.717) is 18.1 Å². The molecule has 0 saturated carbocycles. The lowest BCUT2D eigenvalue weighted by Gasteiger charge is -2.38. The maximum Gasteiger partial charge on any atom is 0.235 e. The molecule has 5 nitrogen and oxygen atoms in total. The third-order valence-corrected chi connectivity index (χ3v) is 6.87. The molecule has 0 atom stereocenters. The van der Waals surface area contributed by atoms with Crippen LogP contribution in [0.3, 0.4) is 0 Å². The Morgan fingerprint density at radius 1 is 1.19 bits per heavy atom. The standard InChI is InChI=1S/C25H29ClN2O3/c1-17-3-7-21(15-19(17)5-4-18(2)29)31-14-13-28-11-9-25(10-12-28)22-16-20(26)6-8-23(22)27-24(25)30/h3,6-8,15-16H,4-5,9-14H2,1-2H3,(H,27,30). The summed E-state index contributed by atoms with van der Waals surface area (Å²) in [6.45, 7) is 6.79. The zero-order valence-electron chi connectivity index (χ0n) is 18.2. The van der Waals surface area contributed by atoms with Gasteiger partial charge in [0.25, 0.3) is 0 Å². The maximum absolute atomic E-state index is 12.8. The van der Waals surface area contributed by atoms with Crippen LogP contribution in [0.4, 0.5) is 5.69 Å². The Morgan fingerprint density at radius 3 is 2.71 bits per heavy atom. The normalized spacial score (nSPS) is 17.5. The summed E-state index contributed by atoms with van der Waals surface area (Å²) in [5.41, 5.74) is 3.83. The summed E-state index contributed by atoms with van der Waals surface area (Å²) in [6.07, 6.45) is 2.87. The zero-order valence-corrected chi connectivity index (χ0v) is 18.9. The summed E-state index contributed by atoms with van der Waals surface area (Å²) in [5.74, 6) is 1.14. The monoisotopic (exact) mass is 440 g/mol. The SMILES string of the molecule is CC(=O)CCc1cc(OCCN2CCC3(CC2)C(=O)Nc2ccc(Cl)cc23)ccc1C. The molecule has 2 aliphatic heterocycles. The molecule has 2 aliphatic rings. The molecular weight excluding hydrogens is 412 g/mol. The van der Waals surface area contributed by atoms with Crippen LogP contribution in [0.2, 0.25) is 5.02 Å². The number of carbonyl (C=O) groups excluding carboxylic acids is 2. The second kappa shape index (κ2) is 9.01. The average Bonchev–Trinajstić information content (AvgIpc) is 3.00. The molecule has 4 rings (SSSR count). The molecule has 1 N–H and O–H groups in total. The van der Waals surface area contributed by atoms with Gasteiger partial charge in [-0.3, -0.25) is 9.69 Å². The highest BCUT2D eigenvalue weighted by Crippen LogP contribution is 2.45. The Balaban J connectivity index is 1.31. The van der Waals surface area contributed by atoms with Gasteiger partial charge in [0.15, 0.2) is 0 Å². The van der Waals surface area contributed by atoms with E-state index in [9.17, 15) is 9.59 Å². The number of rotatable bonds is 7. The average molecular weight is 441 g/mol. The number of nitrogens with zero attached hydrogens (tertiary/aromatic N) is 1. The van der Waals surface area contributed by atoms with Crippen LogP contribution in [-0.4, -0.2) is 42.8 Å². The van der Waals surface area contributed by atoms with E-state index >= 15 is 0 Å². The first-order valence-electron chi connectivity index (χ1n) is 10.9. The highest BCUT2D eigenvalue weighted by molar-refractivity contribution is 6.31. The molecule has 1 amide bonds. The van der Waals surface area contributed by atoms with Gasteiger partial charge in [0.05, 0.1) is 5.41 Å². The minimum absolute atomic E-state index is 0.0958. The van der Waals surface area contributed by atoms with Gasteiger partial charge < -0.3 is 14.8 Å². The number of likely N-dealkylation sites (tertiary alicyclic amines) is 1. The van der Waals surface area contributed by atoms with Gasteiger partial charge in [-0.15, -0.1) is 0 Å². The van der Waals surface area contributed by atoms with Crippen molar-refractivity contribution in [1.29, 1.82) is 0 Å². The van der Waals surface area contributed by atoms with E-state index in [0.717, 1.165) is 61.5 Å². The molecule has 1 spiro atoms. The van der Waals surface area contributed by atoms with Crippen LogP contribution in [0.1, 0.15) is 42.9 Å². The zero-order chi connectivity index (χ0) is 22.0. The number of halogens is 1. The van der Waals surface area contributed by atoms with Gasteiger partial charge in [-0.25, -0.2) is 0 Å². The number of benzene rings is 2. The summed E-state index contributed by atoms with van der Waals surface area (Å²) in [5, 5.41) is 3.70. The van der Waals surface area contributed by atoms with E-state index in [1.807, 2.05) is 30.3 Å². The summed E-state index contributed by atoms with van der Waals surface area (Å²) < 4.78 is 6.00. The van der Waals surface area contributed by atoms with Gasteiger partial charge in [-0.05, 0) is 93.2 Å². The summed E-state index contributed by atoms with van der Waals surface area (Å²) in [4.78, 5) is 26.4. The van der Waals surface area contributed by atoms with Gasteiger partial charge in [-0.1, -0.05) is 17.7 Å². The number of ether oxygens (including phenoxy) is 1. The van der Waals surface area contributed by atoms with Crippen LogP contribution in [0.5, 0.6) is 5.75 Å². The summed E-state index contributed by atoms with van der Waals surface area (Å²) in [7, 11) is 0. The smallest absolute Gasteiger partial charge is 0.235 e. The number of fused-ring (bicyclic) bond motifs is 2. The first kappa shape index (κ1) is 21.8. The fourth-order valence-corrected chi connectivity index (χ4v) is 4.82. The molecule has 2 aromatic carbocycles. The molecule has 0 aromatic heterocycles. The Kier molecular flexibility index (Phi) is 6.35. The van der Waals surface area contributed by atoms with Crippen LogP contribution in [0.25, 0.3) is 0 Å². The van der Waals surface area contributed by atoms with Crippen molar-refractivity contribution in [3.63, 3.8) is 0 Å². The highest BCUT2D eigenvalue weighted by Gasteiger charge is 2.48. The van der Waals surface area contributed by atoms with Crippen molar-refractivity contribution in [3.8, 4) is 5.75 Å². The van der Waals surface area contributed by atoms with E-state index in [4.69, 9.17) is 16.3 Å². The van der Waals surface area contributed by atoms with Crippen molar-refractivity contribution in [1.82, 2.24) is 4.90 Å². The number of Topliss-reactive ketones (excluding diaryl/α,β-unsaturated/α-hetero) is 1. The largest absolute Gasteiger partial charge is 0.492 e. The first-order chi connectivity index (χ1) is 14.9. The highest BCUT2D eigenvalue weighted by atomic mass is 35.5. The maximum atomic E-state index is 12.8. The van der Waals surface area contributed by atoms with E-state index in [-0.39, 0.29) is 11.7 Å². The third-order valence-electron chi connectivity index (χ3n) is 6.63. The summed E-state index contributed by atoms with van der Waals surface area (Å²) in [6, 6.07) is 11.7. The van der Waals surface area contributed by atoms with E-state index in [1.165, 1.54) is 5.56 Å². The van der Waals surface area contributed by atoms with Gasteiger partial charge in [0, 0.05) is 23.7 Å². The number of hydrogen-bond donors (Lipinski definition) is 1. The second-order valence-electron chi connectivity index (χ2n) is 8.71. The number of anilines is 1. The Hall–Kier alpha value is -2.37. The van der Waals surface area contributed by atoms with Crippen LogP contribution in [-0.2, 0) is 21.4 Å². The van der Waals surface area contributed by atoms with Crippen molar-refractivity contribution in [2.24, 2.45) is 0 Å². The fourth-order valence-electron chi connectivity index (χ4n) is 4.65. The molecule has 0 aliphatic carbocycles. The third kappa shape index (κ3) is 4.63. The second-order valence-corrected chi connectivity index (χ2v) is 9.14. The lowest BCUT2D eigenvalue weighted by molar-refractivity contribution is -0.122. The number of piperidine rings is 1. The van der Waals surface area contributed by atoms with Crippen LogP contribution >= 0.6 is 11.6 Å². The fraction of sp³-hybridized carbons (Fsp3) is 0.440. The minimum Gasteiger partial charge on any atom is -0.492 e. The van der Waals surface area contributed by atoms with Crippen molar-refractivity contribution < 1.29 is 14.3 Å². The number of amides is 1. The summed E-state index contributed by atoms with van der Waals surface area (Å²) >= 11 is 6.20. The number of carbonyl (C=O) groups is 2. The molecule has 0 bridgehead atoms. The van der Waals surface area contributed by atoms with Crippen LogP contribution in [0, 0.1) is 6.92 Å². The Bertz CT molecular complexity index is 996. The predicted octanol–water partition coefficient (Wildman–Crippen LogP) is 4.53. The van der Waals surface area contributed by atoms with Gasteiger partial charge in [-0.2, -0.15) is 0 Å². The number of ketones is 1. The van der Waals surface area contributed by atoms with Crippen LogP contribution in [0.15, 0.2) is 36.4 Å². The molecule has 0 unspecified atom stereocenters. The van der Waals surface area contributed by atoms with E-state index < -0.39 is 5.41 Å². The molecule has 0 radical (unpaired) electrons. The topological polar surface area (TPSA) is 58.6 Å². The molecule has 2 aromatic rings. The molecule has 2 heterocycles. The van der Waals surface area contributed by atoms with Gasteiger partial charge in [0.1, 0.15) is 18.1 Å². The lowest BCUT2D eigenvalue weighted by Crippen LogP contribution is -2.47. The molecule has 31 heavy (non-hydrogen) atoms. The van der Waals surface area contributed by atoms with Gasteiger partial charge >= 0.3 is 0 Å². The van der Waals surface area contributed by atoms with Crippen molar-refractivity contribution in [3.05, 3.63) is 58.1 Å². The number of aryl methyl sites for hydroxylation is 2. The number of hydrogen-bond acceptors (Lipinski definition) is 4. The predicted molar refractivity (Wildman–Crippen MR) is 123 cm³/mol. The van der Waals surface area contributed by atoms with Crippen molar-refractivity contribution in [2.75, 3.05) is 31.6 Å². The molecular formula is C25H29ClN2O3. The Morgan fingerprint density at radius 2 is 1.97 bits per heavy atom. The minimum atomic E-state index is -0.458. The lowest BCUT2D eigenvalue weighted by atomic mass is 9.73. The van der Waals surface area contributed by atoms with Gasteiger partial charge in [0.2, 0.25) is 5.91 Å². The molecule has 6 heteroatoms. The molecule has 164 valence electrons. The quantitative estimate of drug-likeness (QED) is 0.687. The molecule has 1 saturated heterocycles. The first-order valence-corrected chi connectivity index (χ1v) is 11.3. The Labute approximate surface area is 188 Å². The van der Waals surface area contributed by atoms with E-state index in [2.05, 4.69) is 23.2 Å². The molecule has 1 fully saturated rings. The number of nitrogens with one attached hydrogen (secondary N) is 1. The van der Waals surface area contributed by atoms with Crippen LogP contribution < -0.4 is 10.1 Å². The van der Waals surface area contributed by atoms with Crippen molar-refractivity contribution >= 4 is 29.0 Å².